The molecule has 0 N–H and O–H groups in total. The van der Waals surface area contributed by atoms with E-state index in [1.165, 1.54) is 15.5 Å². The minimum atomic E-state index is 0.605. The second-order valence-corrected chi connectivity index (χ2v) is 13.2. The Kier molecular flexibility index (Phi) is 6.60. The van der Waals surface area contributed by atoms with Gasteiger partial charge in [0, 0.05) is 38.4 Å². The first kappa shape index (κ1) is 28.5. The number of aromatic nitrogens is 4. The lowest BCUT2D eigenvalue weighted by molar-refractivity contribution is 0.669. The first-order chi connectivity index (χ1) is 24.8. The van der Waals surface area contributed by atoms with Crippen LogP contribution >= 0.6 is 11.3 Å². The smallest absolute Gasteiger partial charge is 0.164 e. The topological polar surface area (TPSA) is 64.7 Å². The Hall–Kier alpha value is -6.50. The van der Waals surface area contributed by atoms with Gasteiger partial charge in [0.25, 0.3) is 0 Å². The third-order valence-electron chi connectivity index (χ3n) is 9.18. The Morgan fingerprint density at radius 1 is 0.420 bits per heavy atom. The molecule has 0 saturated carbocycles. The molecule has 7 aromatic carbocycles. The highest BCUT2D eigenvalue weighted by molar-refractivity contribution is 7.22. The first-order valence-electron chi connectivity index (χ1n) is 16.5. The van der Waals surface area contributed by atoms with Crippen molar-refractivity contribution in [3.8, 4) is 55.9 Å². The minimum Gasteiger partial charge on any atom is -0.456 e. The lowest BCUT2D eigenvalue weighted by atomic mass is 9.95. The molecule has 0 fully saturated rings. The molecular weight excluding hydrogens is 633 g/mol. The summed E-state index contributed by atoms with van der Waals surface area (Å²) in [7, 11) is 0. The molecule has 234 valence electrons. The quantitative estimate of drug-likeness (QED) is 0.184. The van der Waals surface area contributed by atoms with Gasteiger partial charge in [-0.25, -0.2) is 19.9 Å². The van der Waals surface area contributed by atoms with Crippen LogP contribution in [0.5, 0.6) is 0 Å². The molecule has 0 saturated heterocycles. The molecule has 6 heteroatoms. The average molecular weight is 659 g/mol. The van der Waals surface area contributed by atoms with Crippen LogP contribution in [0.15, 0.2) is 162 Å². The lowest BCUT2D eigenvalue weighted by Crippen LogP contribution is -2.00. The Labute approximate surface area is 291 Å². The van der Waals surface area contributed by atoms with Gasteiger partial charge in [-0.1, -0.05) is 127 Å². The second kappa shape index (κ2) is 11.6. The van der Waals surface area contributed by atoms with Gasteiger partial charge in [0.2, 0.25) is 0 Å². The van der Waals surface area contributed by atoms with Crippen molar-refractivity contribution in [2.24, 2.45) is 0 Å². The summed E-state index contributed by atoms with van der Waals surface area (Å²) in [5.74, 6) is 1.86. The third-order valence-corrected chi connectivity index (χ3v) is 10.3. The van der Waals surface area contributed by atoms with Gasteiger partial charge in [0.05, 0.1) is 10.2 Å². The lowest BCUT2D eigenvalue weighted by Gasteiger charge is -2.10. The number of hydrogen-bond acceptors (Lipinski definition) is 6. The predicted octanol–water partition coefficient (Wildman–Crippen LogP) is 11.9. The molecule has 50 heavy (non-hydrogen) atoms. The number of furan rings is 1. The number of benzene rings is 7. The van der Waals surface area contributed by atoms with E-state index >= 15 is 0 Å². The van der Waals surface area contributed by atoms with E-state index in [4.69, 9.17) is 24.4 Å². The van der Waals surface area contributed by atoms with E-state index in [2.05, 4.69) is 78.9 Å². The molecule has 10 aromatic rings. The second-order valence-electron chi connectivity index (χ2n) is 12.2. The summed E-state index contributed by atoms with van der Waals surface area (Å²) in [4.78, 5) is 20.0. The largest absolute Gasteiger partial charge is 0.456 e. The summed E-state index contributed by atoms with van der Waals surface area (Å²) in [6.07, 6.45) is 0. The van der Waals surface area contributed by atoms with Crippen LogP contribution in [0.25, 0.3) is 98.8 Å². The van der Waals surface area contributed by atoms with Gasteiger partial charge in [-0.05, 0) is 46.8 Å². The van der Waals surface area contributed by atoms with Crippen LogP contribution in [0, 0.1) is 0 Å². The summed E-state index contributed by atoms with van der Waals surface area (Å²) in [6, 6.07) is 53.9. The Morgan fingerprint density at radius 3 is 1.82 bits per heavy atom. The molecule has 3 aromatic heterocycles. The monoisotopic (exact) mass is 658 g/mol. The van der Waals surface area contributed by atoms with Crippen molar-refractivity contribution in [2.75, 3.05) is 0 Å². The van der Waals surface area contributed by atoms with Gasteiger partial charge in [0.15, 0.2) is 17.5 Å². The first-order valence-corrected chi connectivity index (χ1v) is 17.3. The molecule has 0 aliphatic heterocycles. The fourth-order valence-electron chi connectivity index (χ4n) is 6.80. The van der Waals surface area contributed by atoms with Crippen LogP contribution in [0.3, 0.4) is 0 Å². The molecule has 10 rings (SSSR count). The van der Waals surface area contributed by atoms with Crippen LogP contribution < -0.4 is 0 Å². The van der Waals surface area contributed by atoms with Gasteiger partial charge in [-0.3, -0.25) is 0 Å². The van der Waals surface area contributed by atoms with Crippen molar-refractivity contribution in [1.82, 2.24) is 19.9 Å². The predicted molar refractivity (Wildman–Crippen MR) is 205 cm³/mol. The maximum Gasteiger partial charge on any atom is 0.164 e. The van der Waals surface area contributed by atoms with Gasteiger partial charge in [-0.15, -0.1) is 11.3 Å². The summed E-state index contributed by atoms with van der Waals surface area (Å²) in [5.41, 5.74) is 8.68. The van der Waals surface area contributed by atoms with E-state index in [9.17, 15) is 0 Å². The SMILES string of the molecule is c1ccc(-c2nc(-c3ccccc3)nc(-c3ccc4oc5cccc(-c6ccccc6-c6nc7ccc8ccccc8c7s6)c5c4c3)n2)cc1. The normalized spacial score (nSPS) is 11.6. The van der Waals surface area contributed by atoms with E-state index in [1.54, 1.807) is 11.3 Å². The fraction of sp³-hybridized carbons (Fsp3) is 0. The van der Waals surface area contributed by atoms with Gasteiger partial charge < -0.3 is 4.42 Å². The van der Waals surface area contributed by atoms with Crippen LogP contribution in [0.4, 0.5) is 0 Å². The summed E-state index contributed by atoms with van der Waals surface area (Å²) < 4.78 is 7.67. The van der Waals surface area contributed by atoms with Crippen LogP contribution in [-0.4, -0.2) is 19.9 Å². The Bertz CT molecular complexity index is 2820. The van der Waals surface area contributed by atoms with Crippen molar-refractivity contribution >= 4 is 54.3 Å². The molecule has 0 aliphatic carbocycles. The van der Waals surface area contributed by atoms with Crippen molar-refractivity contribution in [1.29, 1.82) is 0 Å². The molecule has 5 nitrogen and oxygen atoms in total. The highest BCUT2D eigenvalue weighted by Crippen LogP contribution is 2.43. The number of fused-ring (bicyclic) bond motifs is 6. The van der Waals surface area contributed by atoms with E-state index in [0.717, 1.165) is 65.8 Å². The van der Waals surface area contributed by atoms with Crippen LogP contribution in [0.2, 0.25) is 0 Å². The summed E-state index contributed by atoms with van der Waals surface area (Å²) in [6.45, 7) is 0. The Balaban J connectivity index is 1.16. The zero-order chi connectivity index (χ0) is 33.0. The average Bonchev–Trinajstić information content (AvgIpc) is 3.80. The van der Waals surface area contributed by atoms with Crippen molar-refractivity contribution < 1.29 is 4.42 Å². The van der Waals surface area contributed by atoms with E-state index in [-0.39, 0.29) is 0 Å². The fourth-order valence-corrected chi connectivity index (χ4v) is 7.94. The molecule has 0 bridgehead atoms. The molecule has 0 atom stereocenters. The van der Waals surface area contributed by atoms with Crippen molar-refractivity contribution in [2.45, 2.75) is 0 Å². The molecular formula is C44H26N4OS. The maximum absolute atomic E-state index is 6.47. The number of nitrogens with zero attached hydrogens (tertiary/aromatic N) is 4. The zero-order valence-electron chi connectivity index (χ0n) is 26.6. The number of rotatable bonds is 5. The van der Waals surface area contributed by atoms with Gasteiger partial charge in [-0.2, -0.15) is 0 Å². The van der Waals surface area contributed by atoms with Crippen LogP contribution in [-0.2, 0) is 0 Å². The molecule has 0 aliphatic rings. The molecule has 0 spiro atoms. The zero-order valence-corrected chi connectivity index (χ0v) is 27.4. The maximum atomic E-state index is 6.47. The molecule has 0 amide bonds. The van der Waals surface area contributed by atoms with Crippen molar-refractivity contribution in [3.63, 3.8) is 0 Å². The van der Waals surface area contributed by atoms with E-state index in [1.807, 2.05) is 78.9 Å². The molecule has 0 radical (unpaired) electrons. The van der Waals surface area contributed by atoms with Crippen LogP contribution in [0.1, 0.15) is 0 Å². The van der Waals surface area contributed by atoms with E-state index in [0.29, 0.717) is 17.5 Å². The summed E-state index contributed by atoms with van der Waals surface area (Å²) in [5, 5.41) is 5.49. The number of hydrogen-bond donors (Lipinski definition) is 0. The highest BCUT2D eigenvalue weighted by Gasteiger charge is 2.19. The molecule has 0 unspecified atom stereocenters. The van der Waals surface area contributed by atoms with Crippen molar-refractivity contribution in [3.05, 3.63) is 158 Å². The van der Waals surface area contributed by atoms with Gasteiger partial charge >= 0.3 is 0 Å². The standard InChI is InChI=1S/C44H26N4OS/c1-3-13-28(14-4-1)41-46-42(29-15-5-2-6-16-29)48-43(47-41)30-23-25-37-35(26-30)39-33(20-11-21-38(39)49-37)32-18-9-10-19-34(32)44-45-36-24-22-27-12-7-8-17-31(27)40(36)50-44/h1-26H. The minimum absolute atomic E-state index is 0.605. The highest BCUT2D eigenvalue weighted by atomic mass is 32.1. The number of thiazole rings is 1. The van der Waals surface area contributed by atoms with E-state index < -0.39 is 0 Å². The summed E-state index contributed by atoms with van der Waals surface area (Å²) >= 11 is 1.74. The Morgan fingerprint density at radius 2 is 1.06 bits per heavy atom. The van der Waals surface area contributed by atoms with Gasteiger partial charge in [0.1, 0.15) is 16.2 Å². The molecule has 3 heterocycles. The third kappa shape index (κ3) is 4.77.